The summed E-state index contributed by atoms with van der Waals surface area (Å²) in [6.07, 6.45) is 12.2. The van der Waals surface area contributed by atoms with Crippen LogP contribution in [0.3, 0.4) is 0 Å². The number of alkyl halides is 1. The van der Waals surface area contributed by atoms with Crippen molar-refractivity contribution in [2.75, 3.05) is 38.1 Å². The number of aliphatic hydroxyl groups is 1. The molecule has 178 valence electrons. The van der Waals surface area contributed by atoms with Gasteiger partial charge in [-0.1, -0.05) is 53.9 Å². The van der Waals surface area contributed by atoms with E-state index in [4.69, 9.17) is 0 Å². The van der Waals surface area contributed by atoms with Crippen molar-refractivity contribution in [1.29, 1.82) is 0 Å². The number of carbonyl (C=O) groups excluding carboxylic acids is 1. The molecule has 1 atom stereocenters. The van der Waals surface area contributed by atoms with E-state index < -0.39 is 0 Å². The monoisotopic (exact) mass is 496 g/mol. The van der Waals surface area contributed by atoms with Crippen LogP contribution in [0.4, 0.5) is 0 Å². The first-order chi connectivity index (χ1) is 15.0. The van der Waals surface area contributed by atoms with E-state index in [1.807, 2.05) is 0 Å². The minimum absolute atomic E-state index is 0.272. The standard InChI is InChI=1S/C27H47BrNO2/c1-4-5-10-18-29(20-12-8-13-21-30,19-11-7-6-9-17-28)23-26(31)22-27-24(2)15-14-16-25(27)3/h14-16,30H,4-13,17-23H2,1-3H3/q+1. The summed E-state index contributed by atoms with van der Waals surface area (Å²) in [5, 5.41) is 10.3. The maximum absolute atomic E-state index is 13.3. The van der Waals surface area contributed by atoms with Crippen LogP contribution in [0.5, 0.6) is 0 Å². The first kappa shape index (κ1) is 28.3. The van der Waals surface area contributed by atoms with Gasteiger partial charge in [-0.05, 0) is 81.9 Å². The molecule has 1 aromatic rings. The van der Waals surface area contributed by atoms with Gasteiger partial charge < -0.3 is 9.59 Å². The zero-order chi connectivity index (χ0) is 23.0. The SMILES string of the molecule is CCCCC[N+](CCCCCO)(CCCCCCBr)CC(=O)Cc1c(C)cccc1C. The molecule has 0 spiro atoms. The molecule has 0 saturated carbocycles. The molecule has 3 nitrogen and oxygen atoms in total. The van der Waals surface area contributed by atoms with Crippen molar-refractivity contribution in [3.63, 3.8) is 0 Å². The number of quaternary nitrogens is 1. The van der Waals surface area contributed by atoms with Crippen molar-refractivity contribution >= 4 is 21.7 Å². The van der Waals surface area contributed by atoms with E-state index in [2.05, 4.69) is 54.9 Å². The fourth-order valence-electron chi connectivity index (χ4n) is 4.66. The molecule has 0 radical (unpaired) electrons. The summed E-state index contributed by atoms with van der Waals surface area (Å²) in [5.41, 5.74) is 3.68. The minimum Gasteiger partial charge on any atom is -0.396 e. The molecule has 0 aliphatic heterocycles. The summed E-state index contributed by atoms with van der Waals surface area (Å²) in [5.74, 6) is 0.386. The lowest BCUT2D eigenvalue weighted by molar-refractivity contribution is -0.921. The highest BCUT2D eigenvalue weighted by atomic mass is 79.9. The Hall–Kier alpha value is -0.710. The quantitative estimate of drug-likeness (QED) is 0.134. The topological polar surface area (TPSA) is 37.3 Å². The number of ketones is 1. The number of hydrogen-bond acceptors (Lipinski definition) is 2. The van der Waals surface area contributed by atoms with Gasteiger partial charge in [-0.25, -0.2) is 0 Å². The Kier molecular flexibility index (Phi) is 15.4. The third kappa shape index (κ3) is 11.6. The van der Waals surface area contributed by atoms with Crippen molar-refractivity contribution in [1.82, 2.24) is 0 Å². The second-order valence-electron chi connectivity index (χ2n) is 9.35. The zero-order valence-electron chi connectivity index (χ0n) is 20.4. The molecular formula is C27H47BrNO2+. The van der Waals surface area contributed by atoms with Gasteiger partial charge in [-0.2, -0.15) is 0 Å². The van der Waals surface area contributed by atoms with Gasteiger partial charge in [0.1, 0.15) is 6.54 Å². The third-order valence-corrected chi connectivity index (χ3v) is 7.13. The Labute approximate surface area is 200 Å². The fourth-order valence-corrected chi connectivity index (χ4v) is 5.05. The number of rotatable bonds is 19. The minimum atomic E-state index is 0.272. The predicted octanol–water partition coefficient (Wildman–Crippen LogP) is 6.54. The number of unbranched alkanes of at least 4 members (excludes halogenated alkanes) is 7. The van der Waals surface area contributed by atoms with Crippen LogP contribution < -0.4 is 0 Å². The number of carbonyl (C=O) groups is 1. The van der Waals surface area contributed by atoms with Crippen LogP contribution in [-0.4, -0.2) is 53.5 Å². The molecule has 4 heteroatoms. The second-order valence-corrected chi connectivity index (χ2v) is 10.1. The summed E-state index contributed by atoms with van der Waals surface area (Å²) in [6.45, 7) is 10.7. The summed E-state index contributed by atoms with van der Waals surface area (Å²) >= 11 is 3.54. The van der Waals surface area contributed by atoms with Crippen LogP contribution in [-0.2, 0) is 11.2 Å². The van der Waals surface area contributed by atoms with Crippen LogP contribution >= 0.6 is 15.9 Å². The number of nitrogens with zero attached hydrogens (tertiary/aromatic N) is 1. The van der Waals surface area contributed by atoms with Crippen LogP contribution in [0, 0.1) is 13.8 Å². The summed E-state index contributed by atoms with van der Waals surface area (Å²) < 4.78 is 0.948. The third-order valence-electron chi connectivity index (χ3n) is 6.57. The van der Waals surface area contributed by atoms with Gasteiger partial charge in [0.25, 0.3) is 0 Å². The first-order valence-electron chi connectivity index (χ1n) is 12.6. The van der Waals surface area contributed by atoms with E-state index >= 15 is 0 Å². The van der Waals surface area contributed by atoms with Crippen LogP contribution in [0.25, 0.3) is 0 Å². The van der Waals surface area contributed by atoms with E-state index in [9.17, 15) is 9.90 Å². The van der Waals surface area contributed by atoms with E-state index in [0.29, 0.717) is 18.7 Å². The van der Waals surface area contributed by atoms with Gasteiger partial charge in [0.15, 0.2) is 5.78 Å². The lowest BCUT2D eigenvalue weighted by Gasteiger charge is -2.39. The number of aliphatic hydroxyl groups excluding tert-OH is 1. The molecule has 0 heterocycles. The number of hydrogen-bond donors (Lipinski definition) is 1. The van der Waals surface area contributed by atoms with Crippen LogP contribution in [0.1, 0.15) is 87.8 Å². The molecule has 0 bridgehead atoms. The van der Waals surface area contributed by atoms with Crippen molar-refractivity contribution in [3.8, 4) is 0 Å². The van der Waals surface area contributed by atoms with Gasteiger partial charge in [0, 0.05) is 18.4 Å². The Bertz CT molecular complexity index is 599. The first-order valence-corrected chi connectivity index (χ1v) is 13.7. The highest BCUT2D eigenvalue weighted by molar-refractivity contribution is 9.09. The second kappa shape index (κ2) is 16.9. The molecule has 0 aliphatic carbocycles. The van der Waals surface area contributed by atoms with Crippen molar-refractivity contribution in [2.45, 2.75) is 91.4 Å². The van der Waals surface area contributed by atoms with E-state index in [-0.39, 0.29) is 6.61 Å². The Morgan fingerprint density at radius 3 is 1.97 bits per heavy atom. The number of benzene rings is 1. The van der Waals surface area contributed by atoms with E-state index in [1.54, 1.807) is 0 Å². The zero-order valence-corrected chi connectivity index (χ0v) is 22.0. The normalized spacial score (nSPS) is 13.3. The van der Waals surface area contributed by atoms with Crippen molar-refractivity contribution in [2.24, 2.45) is 0 Å². The molecule has 0 aromatic heterocycles. The van der Waals surface area contributed by atoms with Crippen molar-refractivity contribution in [3.05, 3.63) is 34.9 Å². The smallest absolute Gasteiger partial charge is 0.191 e. The molecule has 1 unspecified atom stereocenters. The molecule has 0 amide bonds. The molecular weight excluding hydrogens is 450 g/mol. The largest absolute Gasteiger partial charge is 0.396 e. The summed E-state index contributed by atoms with van der Waals surface area (Å²) in [6, 6.07) is 6.33. The Balaban J connectivity index is 2.91. The van der Waals surface area contributed by atoms with Crippen molar-refractivity contribution < 1.29 is 14.4 Å². The highest BCUT2D eigenvalue weighted by Gasteiger charge is 2.29. The average molecular weight is 498 g/mol. The maximum atomic E-state index is 13.3. The van der Waals surface area contributed by atoms with Gasteiger partial charge in [0.2, 0.25) is 0 Å². The van der Waals surface area contributed by atoms with Crippen LogP contribution in [0.2, 0.25) is 0 Å². The summed E-state index contributed by atoms with van der Waals surface area (Å²) in [7, 11) is 0. The predicted molar refractivity (Wildman–Crippen MR) is 137 cm³/mol. The molecule has 1 N–H and O–H groups in total. The lowest BCUT2D eigenvalue weighted by Crippen LogP contribution is -2.53. The molecule has 1 rings (SSSR count). The number of halogens is 1. The van der Waals surface area contributed by atoms with Gasteiger partial charge in [-0.15, -0.1) is 0 Å². The fraction of sp³-hybridized carbons (Fsp3) is 0.741. The lowest BCUT2D eigenvalue weighted by atomic mass is 9.97. The van der Waals surface area contributed by atoms with E-state index in [1.165, 1.54) is 61.6 Å². The number of Topliss-reactive ketones (excluding diaryl/α,β-unsaturated/α-hetero) is 1. The molecule has 1 aromatic carbocycles. The molecule has 31 heavy (non-hydrogen) atoms. The van der Waals surface area contributed by atoms with Gasteiger partial charge in [0.05, 0.1) is 19.6 Å². The van der Waals surface area contributed by atoms with Gasteiger partial charge in [-0.3, -0.25) is 4.79 Å². The molecule has 0 aliphatic rings. The Morgan fingerprint density at radius 2 is 1.42 bits per heavy atom. The van der Waals surface area contributed by atoms with Gasteiger partial charge >= 0.3 is 0 Å². The average Bonchev–Trinajstić information content (AvgIpc) is 2.74. The Morgan fingerprint density at radius 1 is 0.871 bits per heavy atom. The highest BCUT2D eigenvalue weighted by Crippen LogP contribution is 2.20. The molecule has 0 saturated heterocycles. The number of aryl methyl sites for hydroxylation is 2. The molecule has 0 fully saturated rings. The van der Waals surface area contributed by atoms with E-state index in [0.717, 1.165) is 48.7 Å². The maximum Gasteiger partial charge on any atom is 0.191 e. The van der Waals surface area contributed by atoms with Crippen LogP contribution in [0.15, 0.2) is 18.2 Å². The summed E-state index contributed by atoms with van der Waals surface area (Å²) in [4.78, 5) is 13.3.